The first kappa shape index (κ1) is 13.8. The van der Waals surface area contributed by atoms with Gasteiger partial charge in [-0.15, -0.1) is 11.6 Å². The van der Waals surface area contributed by atoms with Gasteiger partial charge >= 0.3 is 0 Å². The van der Waals surface area contributed by atoms with Crippen molar-refractivity contribution in [2.45, 2.75) is 36.6 Å². The summed E-state index contributed by atoms with van der Waals surface area (Å²) in [5.74, 6) is 0.717. The Kier molecular flexibility index (Phi) is 3.99. The van der Waals surface area contributed by atoms with E-state index in [0.717, 1.165) is 12.8 Å². The Morgan fingerprint density at radius 1 is 1.39 bits per heavy atom. The Morgan fingerprint density at radius 3 is 2.56 bits per heavy atom. The van der Waals surface area contributed by atoms with Crippen LogP contribution in [0.2, 0.25) is 0 Å². The Hall–Kier alpha value is -0.580. The summed E-state index contributed by atoms with van der Waals surface area (Å²) in [7, 11) is -1.78. The molecule has 1 aliphatic carbocycles. The third kappa shape index (κ3) is 2.56. The van der Waals surface area contributed by atoms with Gasteiger partial charge in [0.2, 0.25) is 10.0 Å². The van der Waals surface area contributed by atoms with Crippen LogP contribution in [0.25, 0.3) is 0 Å². The molecule has 0 saturated heterocycles. The summed E-state index contributed by atoms with van der Waals surface area (Å²) in [4.78, 5) is 0.329. The van der Waals surface area contributed by atoms with Crippen molar-refractivity contribution < 1.29 is 8.42 Å². The first-order valence-corrected chi connectivity index (χ1v) is 8.08. The van der Waals surface area contributed by atoms with Crippen LogP contribution in [-0.4, -0.2) is 25.8 Å². The summed E-state index contributed by atoms with van der Waals surface area (Å²) in [6.45, 7) is 1.97. The molecule has 1 aromatic carbocycles. The van der Waals surface area contributed by atoms with Gasteiger partial charge in [-0.1, -0.05) is 18.2 Å². The quantitative estimate of drug-likeness (QED) is 0.781. The third-order valence-corrected chi connectivity index (χ3v) is 5.98. The van der Waals surface area contributed by atoms with Crippen LogP contribution in [0.1, 0.15) is 25.3 Å². The van der Waals surface area contributed by atoms with Crippen LogP contribution in [-0.2, 0) is 15.9 Å². The van der Waals surface area contributed by atoms with Crippen LogP contribution >= 0.6 is 11.6 Å². The van der Waals surface area contributed by atoms with Gasteiger partial charge in [0.15, 0.2) is 0 Å². The maximum Gasteiger partial charge on any atom is 0.243 e. The average Bonchev–Trinajstić information content (AvgIpc) is 3.21. The fourth-order valence-corrected chi connectivity index (χ4v) is 4.07. The van der Waals surface area contributed by atoms with Gasteiger partial charge in [0.25, 0.3) is 0 Å². The highest BCUT2D eigenvalue weighted by molar-refractivity contribution is 7.89. The van der Waals surface area contributed by atoms with E-state index in [9.17, 15) is 8.42 Å². The molecule has 100 valence electrons. The van der Waals surface area contributed by atoms with Crippen molar-refractivity contribution >= 4 is 21.6 Å². The zero-order valence-corrected chi connectivity index (χ0v) is 12.2. The molecule has 3 nitrogen and oxygen atoms in total. The number of rotatable bonds is 5. The van der Waals surface area contributed by atoms with Crippen LogP contribution in [0.4, 0.5) is 0 Å². The van der Waals surface area contributed by atoms with Crippen LogP contribution in [0.15, 0.2) is 29.2 Å². The molecule has 0 spiro atoms. The molecule has 1 atom stereocenters. The summed E-state index contributed by atoms with van der Waals surface area (Å²) in [5, 5.41) is 0. The lowest BCUT2D eigenvalue weighted by atomic mass is 10.2. The van der Waals surface area contributed by atoms with Crippen molar-refractivity contribution in [3.8, 4) is 0 Å². The van der Waals surface area contributed by atoms with Gasteiger partial charge in [-0.05, 0) is 37.3 Å². The minimum Gasteiger partial charge on any atom is -0.207 e. The molecule has 0 amide bonds. The van der Waals surface area contributed by atoms with Crippen molar-refractivity contribution in [3.63, 3.8) is 0 Å². The molecule has 2 rings (SSSR count). The standard InChI is InChI=1S/C13H18ClNO2S/c1-10(11-7-8-11)15(2)18(16,17)13-6-4-3-5-12(13)9-14/h3-6,10-11H,7-9H2,1-2H3. The van der Waals surface area contributed by atoms with Gasteiger partial charge in [-0.2, -0.15) is 4.31 Å². The number of halogens is 1. The predicted octanol–water partition coefficient (Wildman–Crippen LogP) is 2.84. The SMILES string of the molecule is CC(C1CC1)N(C)S(=O)(=O)c1ccccc1CCl. The number of hydrogen-bond acceptors (Lipinski definition) is 2. The van der Waals surface area contributed by atoms with E-state index in [-0.39, 0.29) is 11.9 Å². The third-order valence-electron chi connectivity index (χ3n) is 3.65. The molecule has 1 saturated carbocycles. The molecule has 0 bridgehead atoms. The molecule has 1 fully saturated rings. The van der Waals surface area contributed by atoms with E-state index >= 15 is 0 Å². The second-order valence-corrected chi connectivity index (χ2v) is 7.07. The van der Waals surface area contributed by atoms with E-state index in [1.165, 1.54) is 4.31 Å². The lowest BCUT2D eigenvalue weighted by molar-refractivity contribution is 0.357. The monoisotopic (exact) mass is 287 g/mol. The van der Waals surface area contributed by atoms with Gasteiger partial charge in [-0.25, -0.2) is 8.42 Å². The van der Waals surface area contributed by atoms with Crippen molar-refractivity contribution in [2.24, 2.45) is 5.92 Å². The van der Waals surface area contributed by atoms with E-state index in [1.807, 2.05) is 6.92 Å². The summed E-state index contributed by atoms with van der Waals surface area (Å²) in [6.07, 6.45) is 2.25. The minimum absolute atomic E-state index is 0.0541. The van der Waals surface area contributed by atoms with Crippen LogP contribution < -0.4 is 0 Å². The highest BCUT2D eigenvalue weighted by Crippen LogP contribution is 2.36. The lowest BCUT2D eigenvalue weighted by Gasteiger charge is -2.25. The van der Waals surface area contributed by atoms with Crippen LogP contribution in [0.3, 0.4) is 0 Å². The number of sulfonamides is 1. The molecule has 1 unspecified atom stereocenters. The smallest absolute Gasteiger partial charge is 0.207 e. The molecular weight excluding hydrogens is 270 g/mol. The second-order valence-electron chi connectivity index (χ2n) is 4.84. The van der Waals surface area contributed by atoms with E-state index in [0.29, 0.717) is 16.4 Å². The Balaban J connectivity index is 2.34. The maximum absolute atomic E-state index is 12.6. The average molecular weight is 288 g/mol. The zero-order valence-electron chi connectivity index (χ0n) is 10.6. The molecule has 1 aromatic rings. The fourth-order valence-electron chi connectivity index (χ4n) is 2.12. The number of alkyl halides is 1. The number of hydrogen-bond donors (Lipinski definition) is 0. The van der Waals surface area contributed by atoms with Crippen molar-refractivity contribution in [2.75, 3.05) is 7.05 Å². The lowest BCUT2D eigenvalue weighted by Crippen LogP contribution is -2.36. The molecule has 0 heterocycles. The van der Waals surface area contributed by atoms with E-state index in [1.54, 1.807) is 31.3 Å². The highest BCUT2D eigenvalue weighted by Gasteiger charge is 2.36. The molecule has 0 radical (unpaired) electrons. The number of nitrogens with zero attached hydrogens (tertiary/aromatic N) is 1. The molecule has 18 heavy (non-hydrogen) atoms. The van der Waals surface area contributed by atoms with E-state index in [4.69, 9.17) is 11.6 Å². The predicted molar refractivity (Wildman–Crippen MR) is 73.1 cm³/mol. The van der Waals surface area contributed by atoms with Gasteiger partial charge < -0.3 is 0 Å². The Bertz CT molecular complexity index is 526. The summed E-state index contributed by atoms with van der Waals surface area (Å²) >= 11 is 5.81. The van der Waals surface area contributed by atoms with Crippen molar-refractivity contribution in [3.05, 3.63) is 29.8 Å². The zero-order chi connectivity index (χ0) is 13.3. The second kappa shape index (κ2) is 5.19. The highest BCUT2D eigenvalue weighted by atomic mass is 35.5. The Morgan fingerprint density at radius 2 is 2.00 bits per heavy atom. The van der Waals surface area contributed by atoms with Crippen molar-refractivity contribution in [1.29, 1.82) is 0 Å². The molecule has 0 N–H and O–H groups in total. The Labute approximate surface area is 114 Å². The molecule has 0 aliphatic heterocycles. The molecular formula is C13H18ClNO2S. The molecule has 1 aliphatic rings. The molecule has 5 heteroatoms. The van der Waals surface area contributed by atoms with Gasteiger partial charge in [0.05, 0.1) is 4.90 Å². The van der Waals surface area contributed by atoms with E-state index in [2.05, 4.69) is 0 Å². The largest absolute Gasteiger partial charge is 0.243 e. The summed E-state index contributed by atoms with van der Waals surface area (Å²) in [5.41, 5.74) is 0.661. The van der Waals surface area contributed by atoms with Gasteiger partial charge in [-0.3, -0.25) is 0 Å². The van der Waals surface area contributed by atoms with Crippen LogP contribution in [0.5, 0.6) is 0 Å². The maximum atomic E-state index is 12.6. The first-order valence-electron chi connectivity index (χ1n) is 6.10. The van der Waals surface area contributed by atoms with Gasteiger partial charge in [0, 0.05) is 19.0 Å². The summed E-state index contributed by atoms with van der Waals surface area (Å²) < 4.78 is 26.6. The van der Waals surface area contributed by atoms with Crippen LogP contribution in [0, 0.1) is 5.92 Å². The normalized spacial score (nSPS) is 18.0. The fraction of sp³-hybridized carbons (Fsp3) is 0.538. The number of benzene rings is 1. The minimum atomic E-state index is -3.44. The molecule has 0 aromatic heterocycles. The summed E-state index contributed by atoms with van der Waals surface area (Å²) in [6, 6.07) is 6.98. The van der Waals surface area contributed by atoms with Crippen molar-refractivity contribution in [1.82, 2.24) is 4.31 Å². The van der Waals surface area contributed by atoms with Gasteiger partial charge in [0.1, 0.15) is 0 Å². The van der Waals surface area contributed by atoms with E-state index < -0.39 is 10.0 Å². The first-order chi connectivity index (χ1) is 8.48. The topological polar surface area (TPSA) is 37.4 Å².